The zero-order chi connectivity index (χ0) is 49.7. The van der Waals surface area contributed by atoms with E-state index in [-0.39, 0.29) is 70.0 Å². The van der Waals surface area contributed by atoms with Crippen LogP contribution in [0.25, 0.3) is 33.2 Å². The predicted molar refractivity (Wildman–Crippen MR) is 267 cm³/mol. The molecule has 1 aliphatic carbocycles. The highest BCUT2D eigenvalue weighted by molar-refractivity contribution is 6.34. The minimum Gasteiger partial charge on any atom is -0.494 e. The number of amides is 5. The average molecular weight is 985 g/mol. The Morgan fingerprint density at radius 3 is 2.38 bits per heavy atom. The summed E-state index contributed by atoms with van der Waals surface area (Å²) in [6.45, 7) is 3.99. The fraction of sp³-hybridized carbons (Fsp3) is 0.364. The molecule has 4 heterocycles. The third-order valence-electron chi connectivity index (χ3n) is 15.3. The number of benzene rings is 5. The van der Waals surface area contributed by atoms with Gasteiger partial charge in [0.1, 0.15) is 11.6 Å². The summed E-state index contributed by atoms with van der Waals surface area (Å²) in [6, 6.07) is 27.8. The van der Waals surface area contributed by atoms with E-state index in [0.29, 0.717) is 23.8 Å². The summed E-state index contributed by atoms with van der Waals surface area (Å²) in [5, 5.41) is 11.3. The first kappa shape index (κ1) is 47.8. The van der Waals surface area contributed by atoms with Crippen LogP contribution in [0, 0.1) is 23.5 Å². The van der Waals surface area contributed by atoms with Crippen LogP contribution in [0.1, 0.15) is 84.8 Å². The van der Waals surface area contributed by atoms with Gasteiger partial charge in [-0.15, -0.1) is 0 Å². The quantitative estimate of drug-likeness (QED) is 0.109. The molecule has 4 N–H and O–H groups in total. The second kappa shape index (κ2) is 19.4. The zero-order valence-corrected chi connectivity index (χ0v) is 40.7. The van der Waals surface area contributed by atoms with Crippen molar-refractivity contribution in [1.82, 2.24) is 25.3 Å². The van der Waals surface area contributed by atoms with Gasteiger partial charge in [0.05, 0.1) is 23.2 Å². The summed E-state index contributed by atoms with van der Waals surface area (Å²) in [4.78, 5) is 54.6. The number of primary amides is 1. The molecule has 1 aromatic heterocycles. The summed E-state index contributed by atoms with van der Waals surface area (Å²) in [6.07, 6.45) is 6.06. The number of likely N-dealkylation sites (tertiary alicyclic amines) is 1. The maximum atomic E-state index is 16.2. The van der Waals surface area contributed by atoms with Crippen LogP contribution in [0.15, 0.2) is 91.0 Å². The molecule has 2 saturated heterocycles. The molecule has 2 atom stereocenters. The third kappa shape index (κ3) is 8.87. The van der Waals surface area contributed by atoms with Gasteiger partial charge in [0.25, 0.3) is 0 Å². The molecule has 71 heavy (non-hydrogen) atoms. The molecule has 0 spiro atoms. The van der Waals surface area contributed by atoms with Crippen LogP contribution >= 0.6 is 11.6 Å². The molecule has 5 amide bonds. The van der Waals surface area contributed by atoms with Crippen LogP contribution in [-0.4, -0.2) is 77.8 Å². The monoisotopic (exact) mass is 983 g/mol. The maximum Gasteiger partial charge on any atom is 0.329 e. The highest BCUT2D eigenvalue weighted by Gasteiger charge is 2.50. The van der Waals surface area contributed by atoms with Gasteiger partial charge in [0.15, 0.2) is 23.0 Å². The number of nitrogens with two attached hydrogens (primary N) is 1. The Morgan fingerprint density at radius 1 is 0.915 bits per heavy atom. The van der Waals surface area contributed by atoms with Crippen molar-refractivity contribution in [3.05, 3.63) is 130 Å². The molecular weight excluding hydrogens is 928 g/mol. The maximum absolute atomic E-state index is 16.2. The highest BCUT2D eigenvalue weighted by atomic mass is 35.5. The first-order chi connectivity index (χ1) is 34.2. The lowest BCUT2D eigenvalue weighted by Crippen LogP contribution is -2.49. The van der Waals surface area contributed by atoms with Crippen LogP contribution in [0.5, 0.6) is 11.5 Å². The number of ether oxygens (including phenoxy) is 2. The van der Waals surface area contributed by atoms with Gasteiger partial charge in [-0.1, -0.05) is 79.2 Å². The number of urea groups is 1. The number of hydrogen-bond donors (Lipinski definition) is 3. The first-order valence-electron chi connectivity index (χ1n) is 24.4. The number of hydrogen-bond acceptors (Lipinski definition) is 8. The number of nitrogens with one attached hydrogen (secondary N) is 2. The van der Waals surface area contributed by atoms with E-state index in [1.807, 2.05) is 56.4 Å². The van der Waals surface area contributed by atoms with Gasteiger partial charge < -0.3 is 25.4 Å². The number of fused-ring (bicyclic) bond motifs is 2. The number of nitrogens with zero attached hydrogens (tertiary/aromatic N) is 4. The van der Waals surface area contributed by atoms with Crippen LogP contribution in [0.4, 0.5) is 19.4 Å². The summed E-state index contributed by atoms with van der Waals surface area (Å²) < 4.78 is 45.9. The SMILES string of the molecule is COc1ccc(C(N)=O)c(-c2c(Cl)c(F)cc3c2C(C)C(CNC2CCC(C(=O)N4CCC(Cc5cccc(-c6ccc7c(N8CCC(=O)NC8=O)nn(C)c7c6)c5)CC4)CC2)(c2ccccc2)O3)c1F. The number of piperidine rings is 1. The summed E-state index contributed by atoms with van der Waals surface area (Å²) in [5.41, 5.74) is 9.79. The number of anilines is 1. The van der Waals surface area contributed by atoms with Crippen LogP contribution in [-0.2, 0) is 28.7 Å². The Labute approximate surface area is 415 Å². The van der Waals surface area contributed by atoms with Gasteiger partial charge in [-0.3, -0.25) is 29.3 Å². The van der Waals surface area contributed by atoms with E-state index in [1.165, 1.54) is 35.8 Å². The van der Waals surface area contributed by atoms with E-state index in [0.717, 1.165) is 85.6 Å². The molecule has 6 aromatic rings. The standard InChI is InChI=1S/C55H56ClF2N7O6/c1-31-46-44(29-41(57)49(56)48(46)47-40(51(59)67)18-19-43(70-3)50(47)58)71-55(31,37-10-5-4-6-11-37)30-60-38-15-12-34(13-16-38)53(68)64-23-20-32(21-24-64)26-33-8-7-9-35(27-33)36-14-17-39-42(28-36)63(2)62-52(39)65-25-22-45(66)61-54(65)69/h4-11,14,17-19,27-29,31-32,34,38,60H,12-13,15-16,20-26,30H2,1-3H3,(H2,59,67)(H,61,66,69). The zero-order valence-electron chi connectivity index (χ0n) is 39.9. The van der Waals surface area contributed by atoms with Crippen LogP contribution < -0.4 is 30.7 Å². The van der Waals surface area contributed by atoms with Gasteiger partial charge in [-0.2, -0.15) is 5.10 Å². The molecular formula is C55H56ClF2N7O6. The van der Waals surface area contributed by atoms with E-state index >= 15 is 8.78 Å². The van der Waals surface area contributed by atoms with Crippen molar-refractivity contribution < 1.29 is 37.4 Å². The third-order valence-corrected chi connectivity index (χ3v) is 15.7. The Bertz CT molecular complexity index is 3080. The summed E-state index contributed by atoms with van der Waals surface area (Å²) in [7, 11) is 3.15. The normalized spacial score (nSPS) is 21.5. The number of aryl methyl sites for hydroxylation is 1. The number of carbonyl (C=O) groups is 4. The van der Waals surface area contributed by atoms with Crippen molar-refractivity contribution in [3.63, 3.8) is 0 Å². The van der Waals surface area contributed by atoms with Gasteiger partial charge >= 0.3 is 6.03 Å². The van der Waals surface area contributed by atoms with Gasteiger partial charge in [-0.25, -0.2) is 13.6 Å². The molecule has 368 valence electrons. The Kier molecular flexibility index (Phi) is 13.1. The largest absolute Gasteiger partial charge is 0.494 e. The van der Waals surface area contributed by atoms with Gasteiger partial charge in [0.2, 0.25) is 17.7 Å². The molecule has 4 aliphatic rings. The van der Waals surface area contributed by atoms with E-state index in [1.54, 1.807) is 4.68 Å². The lowest BCUT2D eigenvalue weighted by molar-refractivity contribution is -0.138. The molecule has 2 unspecified atom stereocenters. The lowest BCUT2D eigenvalue weighted by atomic mass is 9.77. The van der Waals surface area contributed by atoms with Crippen molar-refractivity contribution in [3.8, 4) is 33.8 Å². The number of methoxy groups -OCH3 is 1. The smallest absolute Gasteiger partial charge is 0.329 e. The molecule has 13 nitrogen and oxygen atoms in total. The van der Waals surface area contributed by atoms with Crippen molar-refractivity contribution in [2.75, 3.05) is 38.2 Å². The van der Waals surface area contributed by atoms with E-state index in [9.17, 15) is 19.2 Å². The Morgan fingerprint density at radius 2 is 1.66 bits per heavy atom. The molecule has 10 rings (SSSR count). The minimum absolute atomic E-state index is 0.00550. The number of rotatable bonds is 12. The second-order valence-electron chi connectivity index (χ2n) is 19.4. The lowest BCUT2D eigenvalue weighted by Gasteiger charge is -2.38. The predicted octanol–water partition coefficient (Wildman–Crippen LogP) is 9.41. The molecule has 3 fully saturated rings. The van der Waals surface area contributed by atoms with Crippen molar-refractivity contribution in [2.45, 2.75) is 75.9 Å². The number of halogens is 3. The van der Waals surface area contributed by atoms with Crippen molar-refractivity contribution >= 4 is 52.1 Å². The summed E-state index contributed by atoms with van der Waals surface area (Å²) >= 11 is 6.71. The van der Waals surface area contributed by atoms with Gasteiger partial charge in [-0.05, 0) is 97.4 Å². The molecule has 3 aliphatic heterocycles. The van der Waals surface area contributed by atoms with E-state index in [2.05, 4.69) is 51.0 Å². The Balaban J connectivity index is 0.767. The van der Waals surface area contributed by atoms with Crippen molar-refractivity contribution in [1.29, 1.82) is 0 Å². The van der Waals surface area contributed by atoms with Crippen molar-refractivity contribution in [2.24, 2.45) is 24.6 Å². The Hall–Kier alpha value is -6.84. The van der Waals surface area contributed by atoms with Gasteiger partial charge in [0, 0.05) is 85.7 Å². The minimum atomic E-state index is -1.08. The molecule has 0 bridgehead atoms. The molecule has 5 aromatic carbocycles. The fourth-order valence-electron chi connectivity index (χ4n) is 11.4. The number of imide groups is 1. The van der Waals surface area contributed by atoms with E-state index < -0.39 is 35.1 Å². The topological polar surface area (TPSA) is 161 Å². The number of carbonyl (C=O) groups excluding carboxylic acids is 4. The first-order valence-corrected chi connectivity index (χ1v) is 24.7. The van der Waals surface area contributed by atoms with E-state index in [4.69, 9.17) is 26.8 Å². The average Bonchev–Trinajstić information content (AvgIpc) is 3.85. The fourth-order valence-corrected chi connectivity index (χ4v) is 11.7. The van der Waals surface area contributed by atoms with Crippen LogP contribution in [0.3, 0.4) is 0 Å². The second-order valence-corrected chi connectivity index (χ2v) is 19.8. The highest BCUT2D eigenvalue weighted by Crippen LogP contribution is 2.56. The summed E-state index contributed by atoms with van der Waals surface area (Å²) in [5.74, 6) is -2.24. The molecule has 0 radical (unpaired) electrons. The number of aromatic nitrogens is 2. The molecule has 16 heteroatoms. The molecule has 1 saturated carbocycles. The van der Waals surface area contributed by atoms with Crippen LogP contribution in [0.2, 0.25) is 5.02 Å².